The third-order valence-corrected chi connectivity index (χ3v) is 5.70. The number of aryl methyl sites for hydroxylation is 2. The van der Waals surface area contributed by atoms with E-state index in [1.165, 1.54) is 12.1 Å². The number of rotatable bonds is 3. The van der Waals surface area contributed by atoms with Gasteiger partial charge in [-0.05, 0) is 43.2 Å². The highest BCUT2D eigenvalue weighted by molar-refractivity contribution is 6.51. The molecule has 33 heavy (non-hydrogen) atoms. The summed E-state index contributed by atoms with van der Waals surface area (Å²) in [5.41, 5.74) is 1.33. The number of benzene rings is 3. The number of ketones is 1. The van der Waals surface area contributed by atoms with Gasteiger partial charge >= 0.3 is 6.18 Å². The molecule has 0 radical (unpaired) electrons. The lowest BCUT2D eigenvalue weighted by Crippen LogP contribution is -2.30. The first-order chi connectivity index (χ1) is 15.6. The Morgan fingerprint density at radius 3 is 2.21 bits per heavy atom. The maximum atomic E-state index is 13.4. The number of hydrogen-bond donors (Lipinski definition) is 1. The lowest BCUT2D eigenvalue weighted by molar-refractivity contribution is -0.137. The van der Waals surface area contributed by atoms with Gasteiger partial charge in [-0.1, -0.05) is 60.2 Å². The maximum Gasteiger partial charge on any atom is 0.416 e. The molecule has 1 aliphatic heterocycles. The van der Waals surface area contributed by atoms with Crippen molar-refractivity contribution in [1.82, 2.24) is 0 Å². The first-order valence-corrected chi connectivity index (χ1v) is 10.2. The molecular weight excluding hydrogens is 431 g/mol. The average molecular weight is 451 g/mol. The fourth-order valence-corrected chi connectivity index (χ4v) is 3.99. The molecule has 0 aliphatic carbocycles. The van der Waals surface area contributed by atoms with Crippen molar-refractivity contribution in [1.29, 1.82) is 0 Å². The molecule has 3 aromatic carbocycles. The zero-order valence-corrected chi connectivity index (χ0v) is 17.9. The van der Waals surface area contributed by atoms with Crippen LogP contribution in [-0.4, -0.2) is 16.8 Å². The fourth-order valence-electron chi connectivity index (χ4n) is 3.99. The molecule has 4 nitrogen and oxygen atoms in total. The second-order valence-corrected chi connectivity index (χ2v) is 7.94. The van der Waals surface area contributed by atoms with Crippen molar-refractivity contribution in [3.05, 3.63) is 106 Å². The van der Waals surface area contributed by atoms with Crippen LogP contribution in [0, 0.1) is 13.8 Å². The van der Waals surface area contributed by atoms with E-state index < -0.39 is 29.5 Å². The number of Topliss-reactive ketones (excluding diaryl/α,β-unsaturated/α-hetero) is 1. The van der Waals surface area contributed by atoms with Crippen LogP contribution >= 0.6 is 0 Å². The zero-order chi connectivity index (χ0) is 23.9. The van der Waals surface area contributed by atoms with Gasteiger partial charge in [0.1, 0.15) is 5.76 Å². The number of aliphatic hydroxyl groups excluding tert-OH is 1. The van der Waals surface area contributed by atoms with Crippen molar-refractivity contribution in [2.45, 2.75) is 26.1 Å². The van der Waals surface area contributed by atoms with E-state index in [1.807, 2.05) is 6.92 Å². The van der Waals surface area contributed by atoms with E-state index >= 15 is 0 Å². The third kappa shape index (κ3) is 4.02. The van der Waals surface area contributed by atoms with Crippen molar-refractivity contribution < 1.29 is 27.9 Å². The Labute approximate surface area is 188 Å². The number of nitrogens with zero attached hydrogens (tertiary/aromatic N) is 1. The van der Waals surface area contributed by atoms with Crippen LogP contribution in [0.3, 0.4) is 0 Å². The summed E-state index contributed by atoms with van der Waals surface area (Å²) in [5, 5.41) is 11.1. The van der Waals surface area contributed by atoms with Crippen LogP contribution in [0.5, 0.6) is 0 Å². The largest absolute Gasteiger partial charge is 0.507 e. The molecule has 168 valence electrons. The zero-order valence-electron chi connectivity index (χ0n) is 17.9. The number of halogens is 3. The number of carbonyl (C=O) groups is 2. The standard InChI is InChI=1S/C26H20F3NO3/c1-15-10-12-17(13-11-15)23(31)21-22(20-9-4-3-6-16(20)2)30(25(33)24(21)32)19-8-5-7-18(14-19)26(27,28)29/h3-14,22,31H,1-2H3/b23-21+. The van der Waals surface area contributed by atoms with E-state index in [2.05, 4.69) is 0 Å². The van der Waals surface area contributed by atoms with Gasteiger partial charge in [-0.2, -0.15) is 13.2 Å². The Hall–Kier alpha value is -3.87. The Bertz CT molecular complexity index is 1280. The van der Waals surface area contributed by atoms with E-state index in [4.69, 9.17) is 0 Å². The van der Waals surface area contributed by atoms with Gasteiger partial charge < -0.3 is 5.11 Å². The van der Waals surface area contributed by atoms with Crippen LogP contribution in [0.4, 0.5) is 18.9 Å². The van der Waals surface area contributed by atoms with Crippen LogP contribution in [0.2, 0.25) is 0 Å². The van der Waals surface area contributed by atoms with Gasteiger partial charge in [0.2, 0.25) is 0 Å². The number of carbonyl (C=O) groups excluding carboxylic acids is 2. The summed E-state index contributed by atoms with van der Waals surface area (Å²) >= 11 is 0. The number of aliphatic hydroxyl groups is 1. The van der Waals surface area contributed by atoms with E-state index in [0.29, 0.717) is 11.1 Å². The summed E-state index contributed by atoms with van der Waals surface area (Å²) in [4.78, 5) is 27.3. The molecule has 0 aromatic heterocycles. The Kier molecular flexibility index (Phi) is 5.57. The molecule has 1 saturated heterocycles. The predicted octanol–water partition coefficient (Wildman–Crippen LogP) is 5.95. The van der Waals surface area contributed by atoms with Crippen molar-refractivity contribution in [3.63, 3.8) is 0 Å². The van der Waals surface area contributed by atoms with Crippen LogP contribution in [0.1, 0.15) is 33.9 Å². The number of amides is 1. The van der Waals surface area contributed by atoms with Gasteiger partial charge in [-0.15, -0.1) is 0 Å². The minimum Gasteiger partial charge on any atom is -0.507 e. The number of anilines is 1. The van der Waals surface area contributed by atoms with Crippen LogP contribution in [-0.2, 0) is 15.8 Å². The molecule has 0 spiro atoms. The van der Waals surface area contributed by atoms with Gasteiger partial charge in [-0.25, -0.2) is 0 Å². The smallest absolute Gasteiger partial charge is 0.416 e. The molecule has 1 amide bonds. The van der Waals surface area contributed by atoms with Gasteiger partial charge in [0.25, 0.3) is 11.7 Å². The van der Waals surface area contributed by atoms with Crippen molar-refractivity contribution in [2.24, 2.45) is 0 Å². The lowest BCUT2D eigenvalue weighted by Gasteiger charge is -2.27. The fraction of sp³-hybridized carbons (Fsp3) is 0.154. The van der Waals surface area contributed by atoms with E-state index in [1.54, 1.807) is 55.5 Å². The summed E-state index contributed by atoms with van der Waals surface area (Å²) in [5.74, 6) is -2.34. The molecule has 1 heterocycles. The van der Waals surface area contributed by atoms with E-state index in [9.17, 15) is 27.9 Å². The molecule has 4 rings (SSSR count). The van der Waals surface area contributed by atoms with Crippen molar-refractivity contribution in [3.8, 4) is 0 Å². The van der Waals surface area contributed by atoms with Crippen molar-refractivity contribution in [2.75, 3.05) is 4.90 Å². The van der Waals surface area contributed by atoms with Gasteiger partial charge in [-0.3, -0.25) is 14.5 Å². The highest BCUT2D eigenvalue weighted by Crippen LogP contribution is 2.44. The second kappa shape index (κ2) is 8.24. The molecule has 1 fully saturated rings. The topological polar surface area (TPSA) is 57.6 Å². The Morgan fingerprint density at radius 2 is 1.58 bits per heavy atom. The van der Waals surface area contributed by atoms with Gasteiger partial charge in [0, 0.05) is 11.3 Å². The number of hydrogen-bond acceptors (Lipinski definition) is 3. The normalized spacial score (nSPS) is 18.1. The molecule has 1 atom stereocenters. The van der Waals surface area contributed by atoms with Crippen LogP contribution in [0.25, 0.3) is 5.76 Å². The van der Waals surface area contributed by atoms with Gasteiger partial charge in [0.05, 0.1) is 17.2 Å². The minimum atomic E-state index is -4.62. The molecule has 7 heteroatoms. The highest BCUT2D eigenvalue weighted by atomic mass is 19.4. The lowest BCUT2D eigenvalue weighted by atomic mass is 9.92. The summed E-state index contributed by atoms with van der Waals surface area (Å²) in [6, 6.07) is 16.9. The monoisotopic (exact) mass is 451 g/mol. The Balaban J connectivity index is 1.97. The summed E-state index contributed by atoms with van der Waals surface area (Å²) in [6.45, 7) is 3.64. The third-order valence-electron chi connectivity index (χ3n) is 5.70. The van der Waals surface area contributed by atoms with Crippen LogP contribution < -0.4 is 4.90 Å². The average Bonchev–Trinajstić information content (AvgIpc) is 3.04. The maximum absolute atomic E-state index is 13.4. The molecule has 0 saturated carbocycles. The summed E-state index contributed by atoms with van der Waals surface area (Å²) in [6.07, 6.45) is -4.62. The number of alkyl halides is 3. The SMILES string of the molecule is Cc1ccc(/C(O)=C2\C(=O)C(=O)N(c3cccc(C(F)(F)F)c3)C2c2ccccc2C)cc1. The van der Waals surface area contributed by atoms with E-state index in [0.717, 1.165) is 28.2 Å². The van der Waals surface area contributed by atoms with Gasteiger partial charge in [0.15, 0.2) is 0 Å². The first kappa shape index (κ1) is 22.3. The second-order valence-electron chi connectivity index (χ2n) is 7.94. The summed E-state index contributed by atoms with van der Waals surface area (Å²) < 4.78 is 40.1. The molecule has 0 bridgehead atoms. The predicted molar refractivity (Wildman–Crippen MR) is 119 cm³/mol. The van der Waals surface area contributed by atoms with Crippen molar-refractivity contribution >= 4 is 23.1 Å². The minimum absolute atomic E-state index is 0.0804. The summed E-state index contributed by atoms with van der Waals surface area (Å²) in [7, 11) is 0. The molecule has 3 aromatic rings. The molecule has 1 aliphatic rings. The Morgan fingerprint density at radius 1 is 0.909 bits per heavy atom. The van der Waals surface area contributed by atoms with Crippen LogP contribution in [0.15, 0.2) is 78.4 Å². The van der Waals surface area contributed by atoms with E-state index in [-0.39, 0.29) is 17.0 Å². The molecule has 1 N–H and O–H groups in total. The molecular formula is C26H20F3NO3. The highest BCUT2D eigenvalue weighted by Gasteiger charge is 2.47. The first-order valence-electron chi connectivity index (χ1n) is 10.2. The quantitative estimate of drug-likeness (QED) is 0.304. The molecule has 1 unspecified atom stereocenters.